The van der Waals surface area contributed by atoms with E-state index >= 15 is 0 Å². The van der Waals surface area contributed by atoms with Gasteiger partial charge in [-0.25, -0.2) is 8.78 Å². The van der Waals surface area contributed by atoms with Gasteiger partial charge in [0, 0.05) is 0 Å². The first-order valence-electron chi connectivity index (χ1n) is 6.22. The molecule has 0 saturated heterocycles. The van der Waals surface area contributed by atoms with Crippen LogP contribution in [-0.4, -0.2) is 5.11 Å². The second-order valence-electron chi connectivity index (χ2n) is 5.00. The summed E-state index contributed by atoms with van der Waals surface area (Å²) in [6.07, 6.45) is 4.59. The molecule has 1 saturated carbocycles. The maximum Gasteiger partial charge on any atom is 0.135 e. The third kappa shape index (κ3) is 2.34. The fraction of sp³-hybridized carbons (Fsp3) is 0.571. The Labute approximate surface area is 100 Å². The quantitative estimate of drug-likeness (QED) is 0.740. The molecule has 94 valence electrons. The molecule has 1 aromatic carbocycles. The van der Waals surface area contributed by atoms with Crippen LogP contribution in [0.25, 0.3) is 0 Å². The van der Waals surface area contributed by atoms with Gasteiger partial charge in [0.2, 0.25) is 0 Å². The zero-order valence-corrected chi connectivity index (χ0v) is 10.1. The molecule has 1 fully saturated rings. The van der Waals surface area contributed by atoms with Crippen molar-refractivity contribution in [1.82, 2.24) is 0 Å². The molecular weight excluding hydrogens is 222 g/mol. The summed E-state index contributed by atoms with van der Waals surface area (Å²) in [5.74, 6) is -1.22. The third-order valence-electron chi connectivity index (χ3n) is 3.68. The van der Waals surface area contributed by atoms with Crippen LogP contribution in [0.5, 0.6) is 0 Å². The van der Waals surface area contributed by atoms with Crippen molar-refractivity contribution in [1.29, 1.82) is 0 Å². The number of benzene rings is 1. The molecule has 1 aromatic rings. The Morgan fingerprint density at radius 3 is 2.24 bits per heavy atom. The monoisotopic (exact) mass is 240 g/mol. The number of hydrogen-bond donors (Lipinski definition) is 1. The molecule has 0 aliphatic heterocycles. The van der Waals surface area contributed by atoms with E-state index in [0.29, 0.717) is 18.4 Å². The average molecular weight is 240 g/mol. The van der Waals surface area contributed by atoms with E-state index in [1.54, 1.807) is 6.92 Å². The highest BCUT2D eigenvalue weighted by molar-refractivity contribution is 5.31. The van der Waals surface area contributed by atoms with Crippen molar-refractivity contribution in [2.75, 3.05) is 0 Å². The average Bonchev–Trinajstić information content (AvgIpc) is 2.50. The maximum absolute atomic E-state index is 14.0. The van der Waals surface area contributed by atoms with Crippen molar-refractivity contribution in [3.63, 3.8) is 0 Å². The predicted octanol–water partition coefficient (Wildman–Crippen LogP) is 3.82. The zero-order valence-electron chi connectivity index (χ0n) is 10.1. The van der Waals surface area contributed by atoms with Crippen LogP contribution in [-0.2, 0) is 5.60 Å². The molecule has 1 aliphatic carbocycles. The lowest BCUT2D eigenvalue weighted by Crippen LogP contribution is -2.28. The van der Waals surface area contributed by atoms with Gasteiger partial charge in [-0.3, -0.25) is 0 Å². The van der Waals surface area contributed by atoms with Crippen LogP contribution in [0, 0.1) is 18.6 Å². The van der Waals surface area contributed by atoms with E-state index in [1.165, 1.54) is 12.1 Å². The summed E-state index contributed by atoms with van der Waals surface area (Å²) in [7, 11) is 0. The van der Waals surface area contributed by atoms with E-state index < -0.39 is 17.2 Å². The summed E-state index contributed by atoms with van der Waals surface area (Å²) >= 11 is 0. The topological polar surface area (TPSA) is 20.2 Å². The minimum atomic E-state index is -1.32. The highest BCUT2D eigenvalue weighted by Crippen LogP contribution is 2.39. The van der Waals surface area contributed by atoms with Gasteiger partial charge in [0.25, 0.3) is 0 Å². The van der Waals surface area contributed by atoms with Crippen LogP contribution >= 0.6 is 0 Å². The van der Waals surface area contributed by atoms with Gasteiger partial charge in [-0.05, 0) is 31.4 Å². The first kappa shape index (κ1) is 12.5. The van der Waals surface area contributed by atoms with E-state index in [2.05, 4.69) is 0 Å². The first-order chi connectivity index (χ1) is 8.04. The van der Waals surface area contributed by atoms with Crippen LogP contribution in [0.4, 0.5) is 8.78 Å². The molecule has 0 radical (unpaired) electrons. The standard InChI is InChI=1S/C14H18F2O/c1-10-6-7-11(15)12(13(10)16)14(17)8-4-2-3-5-9-14/h6-7,17H,2-5,8-9H2,1H3. The summed E-state index contributed by atoms with van der Waals surface area (Å²) < 4.78 is 27.8. The molecule has 17 heavy (non-hydrogen) atoms. The van der Waals surface area contributed by atoms with Gasteiger partial charge in [0.05, 0.1) is 11.2 Å². The SMILES string of the molecule is Cc1ccc(F)c(C2(O)CCCCCC2)c1F. The Morgan fingerprint density at radius 2 is 1.65 bits per heavy atom. The van der Waals surface area contributed by atoms with Crippen molar-refractivity contribution in [2.24, 2.45) is 0 Å². The van der Waals surface area contributed by atoms with Crippen LogP contribution in [0.3, 0.4) is 0 Å². The summed E-state index contributed by atoms with van der Waals surface area (Å²) in [6, 6.07) is 2.66. The lowest BCUT2D eigenvalue weighted by atomic mass is 9.85. The molecule has 0 amide bonds. The number of aryl methyl sites for hydroxylation is 1. The van der Waals surface area contributed by atoms with Gasteiger partial charge >= 0.3 is 0 Å². The predicted molar refractivity (Wildman–Crippen MR) is 62.7 cm³/mol. The van der Waals surface area contributed by atoms with Gasteiger partial charge in [-0.15, -0.1) is 0 Å². The highest BCUT2D eigenvalue weighted by Gasteiger charge is 2.35. The minimum Gasteiger partial charge on any atom is -0.385 e. The molecule has 3 heteroatoms. The molecule has 0 bridgehead atoms. The van der Waals surface area contributed by atoms with Crippen LogP contribution in [0.1, 0.15) is 49.7 Å². The van der Waals surface area contributed by atoms with Gasteiger partial charge < -0.3 is 5.11 Å². The third-order valence-corrected chi connectivity index (χ3v) is 3.68. The summed E-state index contributed by atoms with van der Waals surface area (Å²) in [5.41, 5.74) is -1.06. The van der Waals surface area contributed by atoms with Crippen molar-refractivity contribution < 1.29 is 13.9 Å². The molecule has 0 unspecified atom stereocenters. The van der Waals surface area contributed by atoms with E-state index in [9.17, 15) is 13.9 Å². The summed E-state index contributed by atoms with van der Waals surface area (Å²) in [5, 5.41) is 10.5. The van der Waals surface area contributed by atoms with Gasteiger partial charge in [-0.2, -0.15) is 0 Å². The maximum atomic E-state index is 14.0. The molecule has 0 spiro atoms. The Bertz CT molecular complexity index is 407. The van der Waals surface area contributed by atoms with Crippen LogP contribution in [0.15, 0.2) is 12.1 Å². The van der Waals surface area contributed by atoms with Crippen molar-refractivity contribution in [3.8, 4) is 0 Å². The normalized spacial score (nSPS) is 20.0. The lowest BCUT2D eigenvalue weighted by Gasteiger charge is -2.28. The molecule has 0 atom stereocenters. The second kappa shape index (κ2) is 4.73. The van der Waals surface area contributed by atoms with Crippen molar-refractivity contribution in [3.05, 3.63) is 34.9 Å². The van der Waals surface area contributed by atoms with Crippen LogP contribution < -0.4 is 0 Å². The number of halogens is 2. The van der Waals surface area contributed by atoms with Crippen molar-refractivity contribution in [2.45, 2.75) is 51.0 Å². The zero-order chi connectivity index (χ0) is 12.5. The number of hydrogen-bond acceptors (Lipinski definition) is 1. The Kier molecular flexibility index (Phi) is 3.48. The molecule has 2 rings (SSSR count). The van der Waals surface area contributed by atoms with E-state index in [0.717, 1.165) is 25.7 Å². The molecule has 1 N–H and O–H groups in total. The Hall–Kier alpha value is -0.960. The largest absolute Gasteiger partial charge is 0.385 e. The van der Waals surface area contributed by atoms with E-state index in [-0.39, 0.29) is 5.56 Å². The van der Waals surface area contributed by atoms with Gasteiger partial charge in [0.1, 0.15) is 11.6 Å². The van der Waals surface area contributed by atoms with Crippen molar-refractivity contribution >= 4 is 0 Å². The van der Waals surface area contributed by atoms with E-state index in [1.807, 2.05) is 0 Å². The fourth-order valence-electron chi connectivity index (χ4n) is 2.65. The van der Waals surface area contributed by atoms with Gasteiger partial charge in [0.15, 0.2) is 0 Å². The molecule has 1 aliphatic rings. The number of rotatable bonds is 1. The van der Waals surface area contributed by atoms with E-state index in [4.69, 9.17) is 0 Å². The fourth-order valence-corrected chi connectivity index (χ4v) is 2.65. The molecule has 0 aromatic heterocycles. The molecule has 0 heterocycles. The first-order valence-corrected chi connectivity index (χ1v) is 6.22. The molecular formula is C14H18F2O. The highest BCUT2D eigenvalue weighted by atomic mass is 19.1. The van der Waals surface area contributed by atoms with Gasteiger partial charge in [-0.1, -0.05) is 31.7 Å². The Balaban J connectivity index is 2.47. The second-order valence-corrected chi connectivity index (χ2v) is 5.00. The smallest absolute Gasteiger partial charge is 0.135 e. The Morgan fingerprint density at radius 1 is 1.06 bits per heavy atom. The minimum absolute atomic E-state index is 0.126. The summed E-state index contributed by atoms with van der Waals surface area (Å²) in [4.78, 5) is 0. The molecule has 1 nitrogen and oxygen atoms in total. The summed E-state index contributed by atoms with van der Waals surface area (Å²) in [6.45, 7) is 1.60. The van der Waals surface area contributed by atoms with Crippen LogP contribution in [0.2, 0.25) is 0 Å². The number of aliphatic hydroxyl groups is 1. The lowest BCUT2D eigenvalue weighted by molar-refractivity contribution is 0.0136.